The Morgan fingerprint density at radius 2 is 1.91 bits per heavy atom. The lowest BCUT2D eigenvalue weighted by Crippen LogP contribution is -2.49. The van der Waals surface area contributed by atoms with Crippen LogP contribution in [0.15, 0.2) is 65.5 Å². The second-order valence-electron chi connectivity index (χ2n) is 8.89. The largest absolute Gasteiger partial charge is 0.459 e. The fraction of sp³-hybridized carbons (Fsp3) is 0.333. The summed E-state index contributed by atoms with van der Waals surface area (Å²) in [6.45, 7) is 3.52. The molecule has 1 aliphatic rings. The number of hydrogen-bond acceptors (Lipinski definition) is 5. The van der Waals surface area contributed by atoms with Gasteiger partial charge in [0.2, 0.25) is 11.8 Å². The van der Waals surface area contributed by atoms with E-state index in [1.807, 2.05) is 32.0 Å². The molecule has 0 radical (unpaired) electrons. The van der Waals surface area contributed by atoms with Crippen molar-refractivity contribution in [3.05, 3.63) is 83.6 Å². The molecule has 1 aliphatic carbocycles. The maximum atomic E-state index is 13.7. The molecule has 3 aromatic rings. The fourth-order valence-electron chi connectivity index (χ4n) is 4.44. The smallest absolute Gasteiger partial charge is 0.287 e. The minimum Gasteiger partial charge on any atom is -0.459 e. The minimum atomic E-state index is -0.946. The third-order valence-electron chi connectivity index (χ3n) is 6.25. The number of rotatable bonds is 8. The summed E-state index contributed by atoms with van der Waals surface area (Å²) in [7, 11) is 0. The molecule has 1 unspecified atom stereocenters. The number of nitrogens with zero attached hydrogens (tertiary/aromatic N) is 2. The number of aryl methyl sites for hydroxylation is 2. The molecule has 0 saturated heterocycles. The van der Waals surface area contributed by atoms with Crippen molar-refractivity contribution in [3.8, 4) is 0 Å². The molecule has 3 amide bonds. The zero-order valence-electron chi connectivity index (χ0n) is 20.0. The van der Waals surface area contributed by atoms with Crippen molar-refractivity contribution in [1.82, 2.24) is 15.6 Å². The zero-order valence-corrected chi connectivity index (χ0v) is 20.0. The van der Waals surface area contributed by atoms with E-state index in [1.54, 1.807) is 30.6 Å². The number of pyridine rings is 1. The van der Waals surface area contributed by atoms with Crippen molar-refractivity contribution in [2.45, 2.75) is 51.6 Å². The van der Waals surface area contributed by atoms with E-state index in [9.17, 15) is 14.4 Å². The standard InChI is InChI=1S/C27H30N4O4/c1-18-11-12-19(2)22(15-18)31(24(32)17-29-26(33)23-10-6-14-35-23)25(20-7-5-13-28-16-20)27(34)30-21-8-3-4-9-21/h5-7,10-16,21,25H,3-4,8-9,17H2,1-2H3,(H,29,33)(H,30,34). The van der Waals surface area contributed by atoms with Gasteiger partial charge in [-0.3, -0.25) is 24.3 Å². The second-order valence-corrected chi connectivity index (χ2v) is 8.89. The number of carbonyl (C=O) groups is 3. The van der Waals surface area contributed by atoms with Crippen molar-refractivity contribution < 1.29 is 18.8 Å². The minimum absolute atomic E-state index is 0.0795. The topological polar surface area (TPSA) is 105 Å². The van der Waals surface area contributed by atoms with Crippen LogP contribution in [0.5, 0.6) is 0 Å². The van der Waals surface area contributed by atoms with Gasteiger partial charge in [0, 0.05) is 29.7 Å². The van der Waals surface area contributed by atoms with E-state index in [1.165, 1.54) is 17.2 Å². The molecule has 0 spiro atoms. The Kier molecular flexibility index (Phi) is 7.60. The summed E-state index contributed by atoms with van der Waals surface area (Å²) in [5.74, 6) is -1.08. The first-order valence-electron chi connectivity index (χ1n) is 11.9. The number of aromatic nitrogens is 1. The molecular weight excluding hydrogens is 444 g/mol. The lowest BCUT2D eigenvalue weighted by molar-refractivity contribution is -0.126. The first-order chi connectivity index (χ1) is 16.9. The van der Waals surface area contributed by atoms with Gasteiger partial charge < -0.3 is 15.1 Å². The van der Waals surface area contributed by atoms with Gasteiger partial charge in [-0.2, -0.15) is 0 Å². The van der Waals surface area contributed by atoms with E-state index in [4.69, 9.17) is 4.42 Å². The number of hydrogen-bond donors (Lipinski definition) is 2. The number of amides is 3. The van der Waals surface area contributed by atoms with Gasteiger partial charge >= 0.3 is 0 Å². The Labute approximate surface area is 204 Å². The monoisotopic (exact) mass is 474 g/mol. The highest BCUT2D eigenvalue weighted by Crippen LogP contribution is 2.32. The van der Waals surface area contributed by atoms with Gasteiger partial charge in [-0.05, 0) is 62.1 Å². The van der Waals surface area contributed by atoms with Gasteiger partial charge in [0.15, 0.2) is 5.76 Å². The van der Waals surface area contributed by atoms with Gasteiger partial charge in [0.1, 0.15) is 6.04 Å². The third kappa shape index (κ3) is 5.77. The average Bonchev–Trinajstić information content (AvgIpc) is 3.57. The van der Waals surface area contributed by atoms with E-state index in [-0.39, 0.29) is 24.3 Å². The van der Waals surface area contributed by atoms with Crippen molar-refractivity contribution >= 4 is 23.4 Å². The SMILES string of the molecule is Cc1ccc(C)c(N(C(=O)CNC(=O)c2ccco2)C(C(=O)NC2CCCC2)c2cccnc2)c1. The molecule has 1 fully saturated rings. The molecule has 2 heterocycles. The van der Waals surface area contributed by atoms with Crippen LogP contribution in [0.3, 0.4) is 0 Å². The summed E-state index contributed by atoms with van der Waals surface area (Å²) in [6.07, 6.45) is 8.60. The van der Waals surface area contributed by atoms with Gasteiger partial charge in [-0.1, -0.05) is 31.0 Å². The number of benzene rings is 1. The van der Waals surface area contributed by atoms with Crippen LogP contribution in [0, 0.1) is 13.8 Å². The Hall–Kier alpha value is -3.94. The number of furan rings is 1. The van der Waals surface area contributed by atoms with Gasteiger partial charge in [-0.25, -0.2) is 0 Å². The summed E-state index contributed by atoms with van der Waals surface area (Å²) in [5.41, 5.74) is 2.99. The summed E-state index contributed by atoms with van der Waals surface area (Å²) in [4.78, 5) is 45.5. The van der Waals surface area contributed by atoms with E-state index < -0.39 is 17.9 Å². The number of nitrogens with one attached hydrogen (secondary N) is 2. The molecule has 35 heavy (non-hydrogen) atoms. The maximum Gasteiger partial charge on any atom is 0.287 e. The van der Waals surface area contributed by atoms with Crippen LogP contribution in [0.25, 0.3) is 0 Å². The van der Waals surface area contributed by atoms with Crippen LogP contribution in [0.2, 0.25) is 0 Å². The van der Waals surface area contributed by atoms with Crippen molar-refractivity contribution in [3.63, 3.8) is 0 Å². The zero-order chi connectivity index (χ0) is 24.8. The van der Waals surface area contributed by atoms with Crippen LogP contribution in [0.1, 0.15) is 59.0 Å². The van der Waals surface area contributed by atoms with E-state index in [0.717, 1.165) is 36.8 Å². The molecule has 1 aromatic carbocycles. The molecule has 1 atom stereocenters. The first-order valence-corrected chi connectivity index (χ1v) is 11.9. The van der Waals surface area contributed by atoms with Gasteiger partial charge in [0.05, 0.1) is 12.8 Å². The van der Waals surface area contributed by atoms with Crippen LogP contribution in [-0.2, 0) is 9.59 Å². The van der Waals surface area contributed by atoms with E-state index in [0.29, 0.717) is 11.3 Å². The molecule has 182 valence electrons. The lowest BCUT2D eigenvalue weighted by atomic mass is 10.0. The number of anilines is 1. The van der Waals surface area contributed by atoms with Gasteiger partial charge in [-0.15, -0.1) is 0 Å². The second kappa shape index (κ2) is 11.0. The molecule has 0 aliphatic heterocycles. The Balaban J connectivity index is 1.70. The Morgan fingerprint density at radius 3 is 2.60 bits per heavy atom. The average molecular weight is 475 g/mol. The normalized spacial score (nSPS) is 14.3. The maximum absolute atomic E-state index is 13.7. The third-order valence-corrected chi connectivity index (χ3v) is 6.25. The highest BCUT2D eigenvalue weighted by Gasteiger charge is 2.35. The molecule has 2 N–H and O–H groups in total. The van der Waals surface area contributed by atoms with Crippen molar-refractivity contribution in [2.75, 3.05) is 11.4 Å². The van der Waals surface area contributed by atoms with Crippen LogP contribution in [-0.4, -0.2) is 35.3 Å². The number of carbonyl (C=O) groups excluding carboxylic acids is 3. The lowest BCUT2D eigenvalue weighted by Gasteiger charge is -2.33. The highest BCUT2D eigenvalue weighted by atomic mass is 16.3. The van der Waals surface area contributed by atoms with E-state index in [2.05, 4.69) is 15.6 Å². The molecule has 4 rings (SSSR count). The quantitative estimate of drug-likeness (QED) is 0.516. The molecule has 2 aromatic heterocycles. The summed E-state index contributed by atoms with van der Waals surface area (Å²) < 4.78 is 5.13. The van der Waals surface area contributed by atoms with Crippen LogP contribution in [0.4, 0.5) is 5.69 Å². The molecule has 0 bridgehead atoms. The predicted octanol–water partition coefficient (Wildman–Crippen LogP) is 3.85. The summed E-state index contributed by atoms with van der Waals surface area (Å²) in [6, 6.07) is 11.6. The van der Waals surface area contributed by atoms with Crippen LogP contribution >= 0.6 is 0 Å². The first kappa shape index (κ1) is 24.2. The van der Waals surface area contributed by atoms with Gasteiger partial charge in [0.25, 0.3) is 5.91 Å². The Morgan fingerprint density at radius 1 is 1.11 bits per heavy atom. The highest BCUT2D eigenvalue weighted by molar-refractivity contribution is 6.04. The summed E-state index contributed by atoms with van der Waals surface area (Å²) >= 11 is 0. The fourth-order valence-corrected chi connectivity index (χ4v) is 4.44. The summed E-state index contributed by atoms with van der Waals surface area (Å²) in [5, 5.41) is 5.76. The Bertz CT molecular complexity index is 1170. The molecular formula is C27H30N4O4. The predicted molar refractivity (Wildman–Crippen MR) is 132 cm³/mol. The molecule has 8 nitrogen and oxygen atoms in total. The van der Waals surface area contributed by atoms with E-state index >= 15 is 0 Å². The van der Waals surface area contributed by atoms with Crippen molar-refractivity contribution in [1.29, 1.82) is 0 Å². The molecule has 8 heteroatoms. The molecule has 1 saturated carbocycles. The van der Waals surface area contributed by atoms with Crippen molar-refractivity contribution in [2.24, 2.45) is 0 Å². The van der Waals surface area contributed by atoms with Crippen LogP contribution < -0.4 is 15.5 Å².